The molecule has 0 fully saturated rings. The molecule has 0 aliphatic rings. The molecule has 183 valence electrons. The van der Waals surface area contributed by atoms with Gasteiger partial charge in [-0.05, 0) is 42.1 Å². The monoisotopic (exact) mass is 651 g/mol. The standard InChI is InChI=1S/C15H10N.C11H8N.C5H8O2.Ir/c1-2-6-12(7-3-1)15-10-13-8-4-5-9-14(13)11-16-15;1-2-6-10(7-3-1)11-8-4-5-9-12-11;1-4(6)3-5(2)7;/h1-6,8-11H;1-6,8-9H;3,6H,1-2H3;/q2*-1;;. The van der Waals surface area contributed by atoms with Crippen molar-refractivity contribution in [2.24, 2.45) is 0 Å². The van der Waals surface area contributed by atoms with Crippen LogP contribution in [-0.2, 0) is 24.9 Å². The fourth-order valence-corrected chi connectivity index (χ4v) is 3.15. The molecule has 0 aliphatic carbocycles. The first-order valence-electron chi connectivity index (χ1n) is 11.1. The number of aromatic nitrogens is 2. The zero-order valence-electron chi connectivity index (χ0n) is 20.1. The van der Waals surface area contributed by atoms with Gasteiger partial charge in [-0.3, -0.25) is 4.79 Å². The van der Waals surface area contributed by atoms with Crippen LogP contribution >= 0.6 is 0 Å². The number of rotatable bonds is 3. The molecular weight excluding hydrogens is 625 g/mol. The SMILES string of the molecule is CC(=O)C=C(C)O.[Ir].[c-]1ccccc1-c1cc2ccccc2cn1.[c-]1ccccc1-c1ccccn1. The van der Waals surface area contributed by atoms with Crippen LogP contribution in [0.25, 0.3) is 33.3 Å². The molecule has 0 amide bonds. The summed E-state index contributed by atoms with van der Waals surface area (Å²) < 4.78 is 0. The van der Waals surface area contributed by atoms with Gasteiger partial charge in [0.25, 0.3) is 0 Å². The van der Waals surface area contributed by atoms with E-state index in [0.717, 1.165) is 22.5 Å². The molecule has 0 saturated carbocycles. The van der Waals surface area contributed by atoms with Gasteiger partial charge in [0.2, 0.25) is 0 Å². The van der Waals surface area contributed by atoms with E-state index in [9.17, 15) is 4.79 Å². The van der Waals surface area contributed by atoms with Crippen molar-refractivity contribution < 1.29 is 30.0 Å². The number of carbonyl (C=O) groups is 1. The van der Waals surface area contributed by atoms with Gasteiger partial charge < -0.3 is 15.1 Å². The number of carbonyl (C=O) groups excluding carboxylic acids is 1. The molecule has 0 bridgehead atoms. The summed E-state index contributed by atoms with van der Waals surface area (Å²) in [6.07, 6.45) is 4.86. The number of aliphatic hydroxyl groups is 1. The van der Waals surface area contributed by atoms with Crippen molar-refractivity contribution in [3.8, 4) is 22.5 Å². The van der Waals surface area contributed by atoms with E-state index in [-0.39, 0.29) is 31.6 Å². The van der Waals surface area contributed by atoms with Crippen molar-refractivity contribution in [1.82, 2.24) is 9.97 Å². The van der Waals surface area contributed by atoms with Crippen LogP contribution in [0.4, 0.5) is 0 Å². The Morgan fingerprint density at radius 2 is 1.33 bits per heavy atom. The summed E-state index contributed by atoms with van der Waals surface area (Å²) in [5.41, 5.74) is 4.02. The number of pyridine rings is 2. The molecule has 0 atom stereocenters. The molecule has 5 rings (SSSR count). The Hall–Kier alpha value is -3.92. The minimum atomic E-state index is -0.125. The van der Waals surface area contributed by atoms with Gasteiger partial charge >= 0.3 is 0 Å². The Morgan fingerprint density at radius 3 is 1.83 bits per heavy atom. The first-order chi connectivity index (χ1) is 17.0. The largest absolute Gasteiger partial charge is 0.512 e. The minimum absolute atomic E-state index is 0. The van der Waals surface area contributed by atoms with Crippen LogP contribution in [0.5, 0.6) is 0 Å². The number of aliphatic hydroxyl groups excluding tert-OH is 1. The van der Waals surface area contributed by atoms with Gasteiger partial charge in [-0.1, -0.05) is 42.5 Å². The summed E-state index contributed by atoms with van der Waals surface area (Å²) in [6, 6.07) is 38.2. The van der Waals surface area contributed by atoms with E-state index in [2.05, 4.69) is 40.3 Å². The Labute approximate surface area is 225 Å². The molecule has 5 aromatic rings. The molecule has 5 heteroatoms. The van der Waals surface area contributed by atoms with Gasteiger partial charge in [-0.2, -0.15) is 0 Å². The van der Waals surface area contributed by atoms with E-state index in [1.807, 2.05) is 85.1 Å². The van der Waals surface area contributed by atoms with Crippen LogP contribution in [0.15, 0.2) is 121 Å². The summed E-state index contributed by atoms with van der Waals surface area (Å²) in [4.78, 5) is 18.7. The molecule has 2 aromatic heterocycles. The number of hydrogen-bond acceptors (Lipinski definition) is 4. The molecule has 0 unspecified atom stereocenters. The number of benzene rings is 3. The summed E-state index contributed by atoms with van der Waals surface area (Å²) in [6.45, 7) is 2.85. The van der Waals surface area contributed by atoms with Crippen molar-refractivity contribution in [1.29, 1.82) is 0 Å². The fourth-order valence-electron chi connectivity index (χ4n) is 3.15. The second-order valence-electron chi connectivity index (χ2n) is 7.58. The van der Waals surface area contributed by atoms with Gasteiger partial charge in [-0.25, -0.2) is 0 Å². The average molecular weight is 651 g/mol. The van der Waals surface area contributed by atoms with Crippen LogP contribution in [0, 0.1) is 12.1 Å². The summed E-state index contributed by atoms with van der Waals surface area (Å²) >= 11 is 0. The third kappa shape index (κ3) is 9.38. The van der Waals surface area contributed by atoms with Crippen molar-refractivity contribution in [3.63, 3.8) is 0 Å². The normalized spacial score (nSPS) is 10.1. The molecule has 36 heavy (non-hydrogen) atoms. The Balaban J connectivity index is 0.000000203. The smallest absolute Gasteiger partial charge is 0.155 e. The Morgan fingerprint density at radius 1 is 0.750 bits per heavy atom. The van der Waals surface area contributed by atoms with Gasteiger partial charge in [0.1, 0.15) is 0 Å². The van der Waals surface area contributed by atoms with E-state index in [1.165, 1.54) is 30.7 Å². The van der Waals surface area contributed by atoms with Crippen LogP contribution in [0.2, 0.25) is 0 Å². The zero-order chi connectivity index (χ0) is 24.9. The first kappa shape index (κ1) is 28.3. The number of ketones is 1. The van der Waals surface area contributed by atoms with Crippen molar-refractivity contribution >= 4 is 16.6 Å². The van der Waals surface area contributed by atoms with Gasteiger partial charge in [0.15, 0.2) is 5.78 Å². The Kier molecular flexibility index (Phi) is 11.9. The number of nitrogens with zero attached hydrogens (tertiary/aromatic N) is 2. The average Bonchev–Trinajstić information content (AvgIpc) is 2.90. The maximum atomic E-state index is 10.0. The molecule has 1 radical (unpaired) electrons. The third-order valence-corrected chi connectivity index (χ3v) is 4.68. The quantitative estimate of drug-likeness (QED) is 0.127. The van der Waals surface area contributed by atoms with E-state index in [0.29, 0.717) is 0 Å². The summed E-state index contributed by atoms with van der Waals surface area (Å²) in [5.74, 6) is -0.0625. The number of fused-ring (bicyclic) bond motifs is 1. The summed E-state index contributed by atoms with van der Waals surface area (Å²) in [5, 5.41) is 10.7. The topological polar surface area (TPSA) is 63.1 Å². The predicted molar refractivity (Wildman–Crippen MR) is 142 cm³/mol. The number of allylic oxidation sites excluding steroid dienone is 2. The molecule has 0 spiro atoms. The van der Waals surface area contributed by atoms with Crippen molar-refractivity contribution in [2.45, 2.75) is 13.8 Å². The molecule has 2 heterocycles. The molecule has 0 saturated heterocycles. The van der Waals surface area contributed by atoms with E-state index >= 15 is 0 Å². The van der Waals surface area contributed by atoms with E-state index < -0.39 is 0 Å². The second kappa shape index (κ2) is 15.2. The van der Waals surface area contributed by atoms with Crippen LogP contribution in [-0.4, -0.2) is 20.9 Å². The van der Waals surface area contributed by atoms with Gasteiger partial charge in [-0.15, -0.1) is 71.8 Å². The maximum absolute atomic E-state index is 10.0. The molecule has 4 nitrogen and oxygen atoms in total. The van der Waals surface area contributed by atoms with Crippen LogP contribution < -0.4 is 0 Å². The maximum Gasteiger partial charge on any atom is 0.155 e. The van der Waals surface area contributed by atoms with Crippen molar-refractivity contribution in [2.75, 3.05) is 0 Å². The van der Waals surface area contributed by atoms with Crippen LogP contribution in [0.3, 0.4) is 0 Å². The third-order valence-electron chi connectivity index (χ3n) is 4.68. The van der Waals surface area contributed by atoms with Crippen LogP contribution in [0.1, 0.15) is 13.8 Å². The number of hydrogen-bond donors (Lipinski definition) is 1. The van der Waals surface area contributed by atoms with E-state index in [4.69, 9.17) is 5.11 Å². The molecule has 1 N–H and O–H groups in total. The zero-order valence-corrected chi connectivity index (χ0v) is 22.4. The molecule has 3 aromatic carbocycles. The van der Waals surface area contributed by atoms with Gasteiger partial charge in [0.05, 0.1) is 5.76 Å². The minimum Gasteiger partial charge on any atom is -0.512 e. The second-order valence-corrected chi connectivity index (χ2v) is 7.58. The summed E-state index contributed by atoms with van der Waals surface area (Å²) in [7, 11) is 0. The molecular formula is C31H26IrN2O2-2. The fraction of sp³-hybridized carbons (Fsp3) is 0.0645. The Bertz CT molecular complexity index is 1330. The van der Waals surface area contributed by atoms with Crippen molar-refractivity contribution in [3.05, 3.63) is 133 Å². The first-order valence-corrected chi connectivity index (χ1v) is 11.1. The van der Waals surface area contributed by atoms with E-state index in [1.54, 1.807) is 6.20 Å². The van der Waals surface area contributed by atoms with Gasteiger partial charge in [0, 0.05) is 38.6 Å². The molecule has 0 aliphatic heterocycles. The predicted octanol–water partition coefficient (Wildman–Crippen LogP) is 7.29.